The Morgan fingerprint density at radius 1 is 1.17 bits per heavy atom. The molecule has 1 aromatic heterocycles. The van der Waals surface area contributed by atoms with E-state index < -0.39 is 9.05 Å². The van der Waals surface area contributed by atoms with E-state index in [-0.39, 0.29) is 5.82 Å². The quantitative estimate of drug-likeness (QED) is 0.825. The second-order valence-electron chi connectivity index (χ2n) is 5.50. The van der Waals surface area contributed by atoms with Gasteiger partial charge in [-0.3, -0.25) is 0 Å². The zero-order valence-corrected chi connectivity index (χ0v) is 15.8. The number of halogens is 2. The Labute approximate surface area is 146 Å². The smallest absolute Gasteiger partial charge is 0.229 e. The third-order valence-corrected chi connectivity index (χ3v) is 3.07. The van der Waals surface area contributed by atoms with E-state index in [0.717, 1.165) is 28.8 Å². The lowest BCUT2D eigenvalue weighted by atomic mass is 10.00. The van der Waals surface area contributed by atoms with Crippen molar-refractivity contribution < 1.29 is 12.8 Å². The van der Waals surface area contributed by atoms with Gasteiger partial charge in [0.1, 0.15) is 5.82 Å². The maximum atomic E-state index is 13.0. The molecule has 0 atom stereocenters. The third kappa shape index (κ3) is 6.41. The van der Waals surface area contributed by atoms with Crippen molar-refractivity contribution in [1.82, 2.24) is 9.97 Å². The van der Waals surface area contributed by atoms with E-state index >= 15 is 0 Å². The van der Waals surface area contributed by atoms with Crippen LogP contribution in [-0.2, 0) is 9.05 Å². The lowest BCUT2D eigenvalue weighted by molar-refractivity contribution is 0.614. The number of benzene rings is 1. The molecule has 0 saturated heterocycles. The molecule has 132 valence electrons. The summed E-state index contributed by atoms with van der Waals surface area (Å²) in [5, 5.41) is 2.97. The van der Waals surface area contributed by atoms with Crippen LogP contribution in [0, 0.1) is 12.7 Å². The van der Waals surface area contributed by atoms with E-state index in [0.29, 0.717) is 11.9 Å². The van der Waals surface area contributed by atoms with Gasteiger partial charge in [-0.2, -0.15) is 0 Å². The summed E-state index contributed by atoms with van der Waals surface area (Å²) in [4.78, 5) is 8.99. The minimum absolute atomic E-state index is 0.242. The molecule has 0 aliphatic rings. The van der Waals surface area contributed by atoms with Crippen LogP contribution in [0.5, 0.6) is 0 Å². The molecule has 0 bridgehead atoms. The zero-order valence-electron chi connectivity index (χ0n) is 14.3. The molecule has 1 N–H and O–H groups in total. The van der Waals surface area contributed by atoms with Crippen LogP contribution in [0.15, 0.2) is 24.3 Å². The fourth-order valence-corrected chi connectivity index (χ4v) is 2.10. The van der Waals surface area contributed by atoms with E-state index in [1.54, 1.807) is 19.2 Å². The van der Waals surface area contributed by atoms with Crippen molar-refractivity contribution in [1.29, 1.82) is 0 Å². The molecule has 0 aliphatic carbocycles. The molecule has 24 heavy (non-hydrogen) atoms. The highest BCUT2D eigenvalue weighted by Crippen LogP contribution is 2.28. The van der Waals surface area contributed by atoms with Gasteiger partial charge in [-0.05, 0) is 42.7 Å². The van der Waals surface area contributed by atoms with Crippen LogP contribution in [0.2, 0.25) is 0 Å². The SMILES string of the molecule is CNc1nc(-c2ccc(F)cc2)c(C)c(C(C)C)n1.CS(=O)(=O)Cl. The van der Waals surface area contributed by atoms with Crippen LogP contribution >= 0.6 is 10.7 Å². The molecule has 0 aliphatic heterocycles. The minimum atomic E-state index is -3.19. The highest BCUT2D eigenvalue weighted by molar-refractivity contribution is 8.13. The summed E-state index contributed by atoms with van der Waals surface area (Å²) < 4.78 is 31.8. The number of rotatable bonds is 3. The fraction of sp³-hybridized carbons (Fsp3) is 0.375. The molecule has 0 unspecified atom stereocenters. The number of hydrogen-bond acceptors (Lipinski definition) is 5. The van der Waals surface area contributed by atoms with Crippen molar-refractivity contribution in [2.24, 2.45) is 0 Å². The van der Waals surface area contributed by atoms with Crippen molar-refractivity contribution >= 4 is 25.7 Å². The topological polar surface area (TPSA) is 72.0 Å². The standard InChI is InChI=1S/C15H18FN3.CH3ClO2S/c1-9(2)13-10(3)14(19-15(17-4)18-13)11-5-7-12(16)8-6-11;1-5(2,3)4/h5-9H,1-4H3,(H,17,18,19);1H3. The molecule has 1 aromatic carbocycles. The van der Waals surface area contributed by atoms with Gasteiger partial charge in [0.2, 0.25) is 15.0 Å². The molecule has 2 rings (SSSR count). The zero-order chi connectivity index (χ0) is 18.5. The Bertz CT molecular complexity index is 786. The summed E-state index contributed by atoms with van der Waals surface area (Å²) in [6, 6.07) is 6.39. The van der Waals surface area contributed by atoms with Gasteiger partial charge >= 0.3 is 0 Å². The van der Waals surface area contributed by atoms with E-state index in [2.05, 4.69) is 39.8 Å². The normalized spacial score (nSPS) is 11.0. The molecule has 5 nitrogen and oxygen atoms in total. The average Bonchev–Trinajstić information content (AvgIpc) is 2.46. The van der Waals surface area contributed by atoms with E-state index in [4.69, 9.17) is 0 Å². The molecule has 0 fully saturated rings. The van der Waals surface area contributed by atoms with Crippen LogP contribution in [0.4, 0.5) is 10.3 Å². The second-order valence-corrected chi connectivity index (χ2v) is 8.54. The molecule has 0 spiro atoms. The second kappa shape index (κ2) is 8.39. The maximum absolute atomic E-state index is 13.0. The number of anilines is 1. The minimum Gasteiger partial charge on any atom is -0.357 e. The Balaban J connectivity index is 0.000000505. The molecule has 0 amide bonds. The van der Waals surface area contributed by atoms with Crippen LogP contribution in [-0.4, -0.2) is 31.7 Å². The van der Waals surface area contributed by atoms with Gasteiger partial charge in [0, 0.05) is 23.3 Å². The summed E-state index contributed by atoms with van der Waals surface area (Å²) in [5.41, 5.74) is 3.81. The van der Waals surface area contributed by atoms with E-state index in [1.165, 1.54) is 12.1 Å². The summed E-state index contributed by atoms with van der Waals surface area (Å²) in [6.07, 6.45) is 0.925. The molecule has 0 radical (unpaired) electrons. The van der Waals surface area contributed by atoms with Gasteiger partial charge in [-0.1, -0.05) is 13.8 Å². The number of nitrogens with zero attached hydrogens (tertiary/aromatic N) is 2. The van der Waals surface area contributed by atoms with E-state index in [1.807, 2.05) is 6.92 Å². The molecule has 8 heteroatoms. The first kappa shape index (κ1) is 20.3. The van der Waals surface area contributed by atoms with E-state index in [9.17, 15) is 12.8 Å². The van der Waals surface area contributed by atoms with Crippen molar-refractivity contribution in [3.05, 3.63) is 41.3 Å². The number of nitrogens with one attached hydrogen (secondary N) is 1. The largest absolute Gasteiger partial charge is 0.357 e. The monoisotopic (exact) mass is 373 g/mol. The van der Waals surface area contributed by atoms with Gasteiger partial charge in [-0.15, -0.1) is 0 Å². The Morgan fingerprint density at radius 2 is 1.67 bits per heavy atom. The molecule has 2 aromatic rings. The molecular formula is C16H21ClFN3O2S. The summed E-state index contributed by atoms with van der Waals surface area (Å²) in [7, 11) is 3.10. The Hall–Kier alpha value is -1.73. The number of aromatic nitrogens is 2. The van der Waals surface area contributed by atoms with Gasteiger partial charge in [0.05, 0.1) is 17.6 Å². The van der Waals surface area contributed by atoms with Gasteiger partial charge < -0.3 is 5.32 Å². The number of hydrogen-bond donors (Lipinski definition) is 1. The summed E-state index contributed by atoms with van der Waals surface area (Å²) in [6.45, 7) is 6.21. The molecular weight excluding hydrogens is 353 g/mol. The van der Waals surface area contributed by atoms with Gasteiger partial charge in [-0.25, -0.2) is 22.8 Å². The van der Waals surface area contributed by atoms with Gasteiger partial charge in [0.25, 0.3) is 0 Å². The first-order valence-electron chi connectivity index (χ1n) is 7.24. The van der Waals surface area contributed by atoms with Crippen LogP contribution < -0.4 is 5.32 Å². The first-order valence-corrected chi connectivity index (χ1v) is 9.96. The highest BCUT2D eigenvalue weighted by Gasteiger charge is 2.14. The molecule has 1 heterocycles. The third-order valence-electron chi connectivity index (χ3n) is 3.07. The van der Waals surface area contributed by atoms with Crippen molar-refractivity contribution in [2.45, 2.75) is 26.7 Å². The van der Waals surface area contributed by atoms with Gasteiger partial charge in [0.15, 0.2) is 0 Å². The van der Waals surface area contributed by atoms with Crippen molar-refractivity contribution in [3.63, 3.8) is 0 Å². The predicted octanol–water partition coefficient (Wildman–Crippen LogP) is 3.94. The lowest BCUT2D eigenvalue weighted by Gasteiger charge is -2.14. The van der Waals surface area contributed by atoms with Crippen LogP contribution in [0.3, 0.4) is 0 Å². The Morgan fingerprint density at radius 3 is 2.08 bits per heavy atom. The Kier molecular flexibility index (Phi) is 7.10. The molecule has 0 saturated carbocycles. The van der Waals surface area contributed by atoms with Crippen LogP contribution in [0.1, 0.15) is 31.0 Å². The summed E-state index contributed by atoms with van der Waals surface area (Å²) in [5.74, 6) is 0.663. The van der Waals surface area contributed by atoms with Crippen LogP contribution in [0.25, 0.3) is 11.3 Å². The predicted molar refractivity (Wildman–Crippen MR) is 96.5 cm³/mol. The fourth-order valence-electron chi connectivity index (χ4n) is 2.10. The van der Waals surface area contributed by atoms with Crippen molar-refractivity contribution in [2.75, 3.05) is 18.6 Å². The highest BCUT2D eigenvalue weighted by atomic mass is 35.7. The maximum Gasteiger partial charge on any atom is 0.229 e. The average molecular weight is 374 g/mol. The first-order chi connectivity index (χ1) is 11.0. The lowest BCUT2D eigenvalue weighted by Crippen LogP contribution is -2.06. The van der Waals surface area contributed by atoms with Crippen molar-refractivity contribution in [3.8, 4) is 11.3 Å². The summed E-state index contributed by atoms with van der Waals surface area (Å²) >= 11 is 0.